The Morgan fingerprint density at radius 3 is 2.83 bits per heavy atom. The first kappa shape index (κ1) is 15.0. The Labute approximate surface area is 116 Å². The maximum atomic E-state index is 11.0. The van der Waals surface area contributed by atoms with Gasteiger partial charge in [-0.15, -0.1) is 0 Å². The highest BCUT2D eigenvalue weighted by Gasteiger charge is 2.11. The number of hydrogen-bond donors (Lipinski definition) is 1. The second-order valence-electron chi connectivity index (χ2n) is 3.87. The average molecular weight is 316 g/mol. The largest absolute Gasteiger partial charge is 0.493 e. The van der Waals surface area contributed by atoms with Gasteiger partial charge in [0, 0.05) is 16.1 Å². The van der Waals surface area contributed by atoms with Crippen molar-refractivity contribution in [3.8, 4) is 5.75 Å². The van der Waals surface area contributed by atoms with Gasteiger partial charge in [0.1, 0.15) is 5.75 Å². The van der Waals surface area contributed by atoms with E-state index in [1.807, 2.05) is 25.2 Å². The zero-order valence-corrected chi connectivity index (χ0v) is 12.4. The summed E-state index contributed by atoms with van der Waals surface area (Å²) in [6, 6.07) is 5.99. The predicted molar refractivity (Wildman–Crippen MR) is 73.7 cm³/mol. The van der Waals surface area contributed by atoms with E-state index in [0.29, 0.717) is 6.61 Å². The molecule has 1 atom stereocenters. The third-order valence-electron chi connectivity index (χ3n) is 2.66. The van der Waals surface area contributed by atoms with Gasteiger partial charge in [0.2, 0.25) is 0 Å². The third kappa shape index (κ3) is 4.31. The van der Waals surface area contributed by atoms with Gasteiger partial charge in [0.05, 0.1) is 20.1 Å². The summed E-state index contributed by atoms with van der Waals surface area (Å²) in [6.45, 7) is 2.37. The van der Waals surface area contributed by atoms with Crippen molar-refractivity contribution in [1.29, 1.82) is 0 Å². The molecule has 0 heterocycles. The lowest BCUT2D eigenvalue weighted by atomic mass is 10.1. The quantitative estimate of drug-likeness (QED) is 0.820. The summed E-state index contributed by atoms with van der Waals surface area (Å²) < 4.78 is 11.2. The van der Waals surface area contributed by atoms with Gasteiger partial charge in [-0.3, -0.25) is 4.79 Å². The van der Waals surface area contributed by atoms with Gasteiger partial charge < -0.3 is 14.8 Å². The monoisotopic (exact) mass is 315 g/mol. The van der Waals surface area contributed by atoms with Crippen molar-refractivity contribution in [2.75, 3.05) is 20.8 Å². The van der Waals surface area contributed by atoms with E-state index < -0.39 is 0 Å². The minimum Gasteiger partial charge on any atom is -0.493 e. The van der Waals surface area contributed by atoms with E-state index in [2.05, 4.69) is 32.9 Å². The normalized spacial score (nSPS) is 12.0. The van der Waals surface area contributed by atoms with Crippen molar-refractivity contribution in [2.45, 2.75) is 19.4 Å². The van der Waals surface area contributed by atoms with Crippen LogP contribution >= 0.6 is 15.9 Å². The fourth-order valence-corrected chi connectivity index (χ4v) is 1.87. The molecule has 1 rings (SSSR count). The van der Waals surface area contributed by atoms with Crippen molar-refractivity contribution < 1.29 is 14.3 Å². The van der Waals surface area contributed by atoms with Crippen LogP contribution in [0.3, 0.4) is 0 Å². The van der Waals surface area contributed by atoms with Crippen molar-refractivity contribution in [3.63, 3.8) is 0 Å². The Balaban J connectivity index is 2.72. The number of halogens is 1. The number of carbonyl (C=O) groups is 1. The SMILES string of the molecule is CNC(C)c1cc(Br)ccc1OCCC(=O)OC. The first-order valence-corrected chi connectivity index (χ1v) is 6.54. The van der Waals surface area contributed by atoms with E-state index in [-0.39, 0.29) is 18.4 Å². The minimum atomic E-state index is -0.268. The summed E-state index contributed by atoms with van der Waals surface area (Å²) >= 11 is 3.44. The molecule has 0 aromatic heterocycles. The second-order valence-corrected chi connectivity index (χ2v) is 4.78. The number of ether oxygens (including phenoxy) is 2. The van der Waals surface area contributed by atoms with Crippen LogP contribution in [0, 0.1) is 0 Å². The Kier molecular flexibility index (Phi) is 6.15. The molecular formula is C13H18BrNO3. The lowest BCUT2D eigenvalue weighted by Crippen LogP contribution is -2.15. The highest BCUT2D eigenvalue weighted by atomic mass is 79.9. The first-order chi connectivity index (χ1) is 8.58. The van der Waals surface area contributed by atoms with Crippen LogP contribution in [0.2, 0.25) is 0 Å². The van der Waals surface area contributed by atoms with Gasteiger partial charge in [-0.05, 0) is 32.2 Å². The summed E-state index contributed by atoms with van der Waals surface area (Å²) in [5.74, 6) is 0.513. The van der Waals surface area contributed by atoms with Gasteiger partial charge in [-0.2, -0.15) is 0 Å². The topological polar surface area (TPSA) is 47.6 Å². The number of esters is 1. The molecule has 1 aromatic carbocycles. The Bertz CT molecular complexity index is 409. The molecule has 4 nitrogen and oxygen atoms in total. The van der Waals surface area contributed by atoms with Crippen LogP contribution < -0.4 is 10.1 Å². The maximum absolute atomic E-state index is 11.0. The van der Waals surface area contributed by atoms with Crippen molar-refractivity contribution in [3.05, 3.63) is 28.2 Å². The summed E-state index contributed by atoms with van der Waals surface area (Å²) in [6.07, 6.45) is 0.250. The van der Waals surface area contributed by atoms with Gasteiger partial charge in [0.15, 0.2) is 0 Å². The molecule has 0 radical (unpaired) electrons. The Morgan fingerprint density at radius 1 is 1.50 bits per heavy atom. The Hall–Kier alpha value is -1.07. The lowest BCUT2D eigenvalue weighted by Gasteiger charge is -2.16. The van der Waals surface area contributed by atoms with Crippen LogP contribution in [-0.4, -0.2) is 26.7 Å². The predicted octanol–water partition coefficient (Wildman–Crippen LogP) is 2.67. The number of carbonyl (C=O) groups excluding carboxylic acids is 1. The van der Waals surface area contributed by atoms with Gasteiger partial charge in [0.25, 0.3) is 0 Å². The summed E-state index contributed by atoms with van der Waals surface area (Å²) in [4.78, 5) is 11.0. The molecule has 1 N–H and O–H groups in total. The first-order valence-electron chi connectivity index (χ1n) is 5.74. The molecule has 0 amide bonds. The van der Waals surface area contributed by atoms with Crippen LogP contribution in [0.25, 0.3) is 0 Å². The van der Waals surface area contributed by atoms with Crippen LogP contribution in [-0.2, 0) is 9.53 Å². The van der Waals surface area contributed by atoms with Crippen LogP contribution in [0.5, 0.6) is 5.75 Å². The fourth-order valence-electron chi connectivity index (χ4n) is 1.49. The summed E-state index contributed by atoms with van der Waals surface area (Å²) in [7, 11) is 3.26. The molecule has 18 heavy (non-hydrogen) atoms. The van der Waals surface area contributed by atoms with Crippen molar-refractivity contribution in [2.24, 2.45) is 0 Å². The van der Waals surface area contributed by atoms with Crippen LogP contribution in [0.4, 0.5) is 0 Å². The molecule has 0 spiro atoms. The molecule has 1 aromatic rings. The number of nitrogens with one attached hydrogen (secondary N) is 1. The number of benzene rings is 1. The van der Waals surface area contributed by atoms with E-state index >= 15 is 0 Å². The standard InChI is InChI=1S/C13H18BrNO3/c1-9(15-2)11-8-10(14)4-5-12(11)18-7-6-13(16)17-3/h4-5,8-9,15H,6-7H2,1-3H3. The van der Waals surface area contributed by atoms with Crippen LogP contribution in [0.15, 0.2) is 22.7 Å². The van der Waals surface area contributed by atoms with Crippen molar-refractivity contribution >= 4 is 21.9 Å². The van der Waals surface area contributed by atoms with E-state index in [1.54, 1.807) is 0 Å². The van der Waals surface area contributed by atoms with Gasteiger partial charge >= 0.3 is 5.97 Å². The molecule has 0 saturated heterocycles. The van der Waals surface area contributed by atoms with E-state index in [0.717, 1.165) is 15.8 Å². The van der Waals surface area contributed by atoms with Gasteiger partial charge in [-0.25, -0.2) is 0 Å². The Morgan fingerprint density at radius 2 is 2.22 bits per heavy atom. The van der Waals surface area contributed by atoms with Crippen LogP contribution in [0.1, 0.15) is 24.9 Å². The average Bonchev–Trinajstić information content (AvgIpc) is 2.39. The molecule has 0 aliphatic carbocycles. The van der Waals surface area contributed by atoms with E-state index in [9.17, 15) is 4.79 Å². The zero-order chi connectivity index (χ0) is 13.5. The molecule has 0 aliphatic heterocycles. The zero-order valence-electron chi connectivity index (χ0n) is 10.8. The molecule has 5 heteroatoms. The number of methoxy groups -OCH3 is 1. The molecule has 0 aliphatic rings. The molecule has 0 bridgehead atoms. The fraction of sp³-hybridized carbons (Fsp3) is 0.462. The molecule has 100 valence electrons. The molecule has 0 saturated carbocycles. The summed E-state index contributed by atoms with van der Waals surface area (Å²) in [5, 5.41) is 3.17. The lowest BCUT2D eigenvalue weighted by molar-refractivity contribution is -0.141. The minimum absolute atomic E-state index is 0.177. The van der Waals surface area contributed by atoms with E-state index in [1.165, 1.54) is 7.11 Å². The van der Waals surface area contributed by atoms with Crippen molar-refractivity contribution in [1.82, 2.24) is 5.32 Å². The van der Waals surface area contributed by atoms with Gasteiger partial charge in [-0.1, -0.05) is 15.9 Å². The molecule has 1 unspecified atom stereocenters. The summed E-state index contributed by atoms with van der Waals surface area (Å²) in [5.41, 5.74) is 1.05. The highest BCUT2D eigenvalue weighted by molar-refractivity contribution is 9.10. The smallest absolute Gasteiger partial charge is 0.308 e. The number of rotatable bonds is 6. The third-order valence-corrected chi connectivity index (χ3v) is 3.16. The highest BCUT2D eigenvalue weighted by Crippen LogP contribution is 2.28. The molecule has 0 fully saturated rings. The molecular weight excluding hydrogens is 298 g/mol. The second kappa shape index (κ2) is 7.38. The van der Waals surface area contributed by atoms with E-state index in [4.69, 9.17) is 4.74 Å². The maximum Gasteiger partial charge on any atom is 0.308 e. The number of hydrogen-bond acceptors (Lipinski definition) is 4.